The average molecular weight is 230 g/mol. The molecular weight excluding hydrogens is 212 g/mol. The minimum absolute atomic E-state index is 0.441. The maximum absolute atomic E-state index is 5.57. The van der Waals surface area contributed by atoms with Crippen LogP contribution in [0.4, 0.5) is 5.69 Å². The molecule has 2 rings (SSSR count). The average Bonchev–Trinajstić information content (AvgIpc) is 2.71. The van der Waals surface area contributed by atoms with Crippen LogP contribution in [0.25, 0.3) is 11.3 Å². The van der Waals surface area contributed by atoms with Gasteiger partial charge in [-0.15, -0.1) is 0 Å². The molecule has 1 aromatic carbocycles. The molecule has 3 N–H and O–H groups in total. The van der Waals surface area contributed by atoms with E-state index in [1.807, 2.05) is 21.0 Å². The Bertz CT molecular complexity index is 497. The van der Waals surface area contributed by atoms with E-state index in [-0.39, 0.29) is 0 Å². The SMILES string of the molecule is Cc1[nH]c(CN)nc1-c1ccc(N(C)C)cc1. The Kier molecular flexibility index (Phi) is 3.15. The Morgan fingerprint density at radius 3 is 2.35 bits per heavy atom. The van der Waals surface area contributed by atoms with Crippen molar-refractivity contribution in [2.75, 3.05) is 19.0 Å². The van der Waals surface area contributed by atoms with Gasteiger partial charge in [0.05, 0.1) is 12.2 Å². The van der Waals surface area contributed by atoms with Crippen LogP contribution in [-0.4, -0.2) is 24.1 Å². The number of nitrogens with zero attached hydrogens (tertiary/aromatic N) is 2. The van der Waals surface area contributed by atoms with Gasteiger partial charge in [-0.25, -0.2) is 4.98 Å². The molecule has 2 aromatic rings. The number of H-pyrrole nitrogens is 1. The van der Waals surface area contributed by atoms with E-state index < -0.39 is 0 Å². The summed E-state index contributed by atoms with van der Waals surface area (Å²) in [7, 11) is 4.06. The smallest absolute Gasteiger partial charge is 0.120 e. The number of imidazole rings is 1. The molecule has 1 aromatic heterocycles. The third kappa shape index (κ3) is 2.31. The van der Waals surface area contributed by atoms with Gasteiger partial charge in [0, 0.05) is 31.0 Å². The molecule has 4 heteroatoms. The van der Waals surface area contributed by atoms with Crippen LogP contribution in [0.3, 0.4) is 0 Å². The van der Waals surface area contributed by atoms with Gasteiger partial charge in [0.1, 0.15) is 5.82 Å². The molecule has 0 atom stereocenters. The van der Waals surface area contributed by atoms with Crippen LogP contribution in [0.2, 0.25) is 0 Å². The van der Waals surface area contributed by atoms with E-state index in [4.69, 9.17) is 5.73 Å². The van der Waals surface area contributed by atoms with Crippen molar-refractivity contribution >= 4 is 5.69 Å². The third-order valence-electron chi connectivity index (χ3n) is 2.78. The molecule has 4 nitrogen and oxygen atoms in total. The lowest BCUT2D eigenvalue weighted by Crippen LogP contribution is -2.07. The fourth-order valence-corrected chi connectivity index (χ4v) is 1.82. The van der Waals surface area contributed by atoms with Crippen LogP contribution in [0.5, 0.6) is 0 Å². The van der Waals surface area contributed by atoms with Crippen LogP contribution in [-0.2, 0) is 6.54 Å². The number of nitrogens with one attached hydrogen (secondary N) is 1. The standard InChI is InChI=1S/C13H18N4/c1-9-13(16-12(8-14)15-9)10-4-6-11(7-5-10)17(2)3/h4-7H,8,14H2,1-3H3,(H,15,16). The van der Waals surface area contributed by atoms with Gasteiger partial charge in [-0.3, -0.25) is 0 Å². The minimum atomic E-state index is 0.441. The molecular formula is C13H18N4. The monoisotopic (exact) mass is 230 g/mol. The quantitative estimate of drug-likeness (QED) is 0.846. The molecule has 0 amide bonds. The van der Waals surface area contributed by atoms with Crippen molar-refractivity contribution in [1.82, 2.24) is 9.97 Å². The molecule has 0 saturated carbocycles. The van der Waals surface area contributed by atoms with Gasteiger partial charge in [-0.05, 0) is 19.1 Å². The largest absolute Gasteiger partial charge is 0.378 e. The predicted molar refractivity (Wildman–Crippen MR) is 71.0 cm³/mol. The van der Waals surface area contributed by atoms with E-state index >= 15 is 0 Å². The highest BCUT2D eigenvalue weighted by Crippen LogP contribution is 2.23. The van der Waals surface area contributed by atoms with Crippen molar-refractivity contribution in [3.8, 4) is 11.3 Å². The summed E-state index contributed by atoms with van der Waals surface area (Å²) in [5, 5.41) is 0. The van der Waals surface area contributed by atoms with E-state index in [0.29, 0.717) is 6.54 Å². The highest BCUT2D eigenvalue weighted by atomic mass is 15.1. The van der Waals surface area contributed by atoms with Crippen molar-refractivity contribution in [2.24, 2.45) is 5.73 Å². The third-order valence-corrected chi connectivity index (χ3v) is 2.78. The first-order chi connectivity index (χ1) is 8.11. The van der Waals surface area contributed by atoms with Crippen molar-refractivity contribution < 1.29 is 0 Å². The zero-order valence-corrected chi connectivity index (χ0v) is 10.5. The molecule has 90 valence electrons. The minimum Gasteiger partial charge on any atom is -0.378 e. The van der Waals surface area contributed by atoms with Gasteiger partial charge in [0.2, 0.25) is 0 Å². The van der Waals surface area contributed by atoms with E-state index in [1.165, 1.54) is 5.69 Å². The lowest BCUT2D eigenvalue weighted by molar-refractivity contribution is 0.944. The number of aryl methyl sites for hydroxylation is 1. The van der Waals surface area contributed by atoms with E-state index in [0.717, 1.165) is 22.8 Å². The molecule has 0 aliphatic carbocycles. The van der Waals surface area contributed by atoms with Crippen molar-refractivity contribution in [1.29, 1.82) is 0 Å². The van der Waals surface area contributed by atoms with Crippen molar-refractivity contribution in [2.45, 2.75) is 13.5 Å². The van der Waals surface area contributed by atoms with Crippen LogP contribution >= 0.6 is 0 Å². The van der Waals surface area contributed by atoms with Crippen LogP contribution in [0, 0.1) is 6.92 Å². The fraction of sp³-hybridized carbons (Fsp3) is 0.308. The summed E-state index contributed by atoms with van der Waals surface area (Å²) in [5.41, 5.74) is 9.91. The number of aromatic nitrogens is 2. The van der Waals surface area contributed by atoms with Gasteiger partial charge in [0.15, 0.2) is 0 Å². The maximum Gasteiger partial charge on any atom is 0.120 e. The Morgan fingerprint density at radius 2 is 1.88 bits per heavy atom. The normalized spacial score (nSPS) is 10.6. The first kappa shape index (κ1) is 11.7. The van der Waals surface area contributed by atoms with Gasteiger partial charge in [0.25, 0.3) is 0 Å². The predicted octanol–water partition coefficient (Wildman–Crippen LogP) is 1.91. The molecule has 0 aliphatic heterocycles. The second-order valence-corrected chi connectivity index (χ2v) is 4.30. The zero-order chi connectivity index (χ0) is 12.4. The molecule has 1 heterocycles. The number of aromatic amines is 1. The lowest BCUT2D eigenvalue weighted by atomic mass is 10.1. The molecule has 0 radical (unpaired) electrons. The fourth-order valence-electron chi connectivity index (χ4n) is 1.82. The molecule has 0 bridgehead atoms. The topological polar surface area (TPSA) is 57.9 Å². The molecule has 0 spiro atoms. The summed E-state index contributed by atoms with van der Waals surface area (Å²) in [6.07, 6.45) is 0. The summed E-state index contributed by atoms with van der Waals surface area (Å²) < 4.78 is 0. The molecule has 17 heavy (non-hydrogen) atoms. The number of benzene rings is 1. The van der Waals surface area contributed by atoms with Crippen molar-refractivity contribution in [3.05, 3.63) is 35.8 Å². The second-order valence-electron chi connectivity index (χ2n) is 4.30. The summed E-state index contributed by atoms with van der Waals surface area (Å²) in [6.45, 7) is 2.46. The Morgan fingerprint density at radius 1 is 1.24 bits per heavy atom. The number of hydrogen-bond donors (Lipinski definition) is 2. The molecule has 0 fully saturated rings. The highest BCUT2D eigenvalue weighted by molar-refractivity contribution is 5.65. The number of nitrogens with two attached hydrogens (primary N) is 1. The number of hydrogen-bond acceptors (Lipinski definition) is 3. The van der Waals surface area contributed by atoms with Crippen molar-refractivity contribution in [3.63, 3.8) is 0 Å². The summed E-state index contributed by atoms with van der Waals surface area (Å²) >= 11 is 0. The summed E-state index contributed by atoms with van der Waals surface area (Å²) in [4.78, 5) is 9.74. The van der Waals surface area contributed by atoms with Gasteiger partial charge in [-0.2, -0.15) is 0 Å². The van der Waals surface area contributed by atoms with Crippen LogP contribution in [0.1, 0.15) is 11.5 Å². The molecule has 0 unspecified atom stereocenters. The van der Waals surface area contributed by atoms with Gasteiger partial charge in [-0.1, -0.05) is 12.1 Å². The highest BCUT2D eigenvalue weighted by Gasteiger charge is 2.08. The lowest BCUT2D eigenvalue weighted by Gasteiger charge is -2.12. The van der Waals surface area contributed by atoms with E-state index in [1.54, 1.807) is 0 Å². The summed E-state index contributed by atoms with van der Waals surface area (Å²) in [5.74, 6) is 0.828. The maximum atomic E-state index is 5.57. The summed E-state index contributed by atoms with van der Waals surface area (Å²) in [6, 6.07) is 8.34. The van der Waals surface area contributed by atoms with E-state index in [9.17, 15) is 0 Å². The molecule has 0 aliphatic rings. The van der Waals surface area contributed by atoms with Gasteiger partial charge < -0.3 is 15.6 Å². The van der Waals surface area contributed by atoms with Gasteiger partial charge >= 0.3 is 0 Å². The first-order valence-corrected chi connectivity index (χ1v) is 5.65. The van der Waals surface area contributed by atoms with E-state index in [2.05, 4.69) is 39.1 Å². The van der Waals surface area contributed by atoms with Crippen LogP contribution < -0.4 is 10.6 Å². The molecule has 0 saturated heterocycles. The number of rotatable bonds is 3. The Hall–Kier alpha value is -1.81. The Labute approximate surface area is 101 Å². The number of anilines is 1. The Balaban J connectivity index is 2.36. The van der Waals surface area contributed by atoms with Crippen LogP contribution in [0.15, 0.2) is 24.3 Å². The first-order valence-electron chi connectivity index (χ1n) is 5.65. The second kappa shape index (κ2) is 4.59. The zero-order valence-electron chi connectivity index (χ0n) is 10.5.